The molecule has 6 nitrogen and oxygen atoms in total. The molecule has 0 fully saturated rings. The zero-order chi connectivity index (χ0) is 16.4. The van der Waals surface area contributed by atoms with Gasteiger partial charge in [0.15, 0.2) is 0 Å². The molecule has 1 amide bonds. The number of amides is 1. The van der Waals surface area contributed by atoms with E-state index in [0.717, 1.165) is 29.2 Å². The molecule has 3 aromatic heterocycles. The molecular weight excluding hydrogens is 324 g/mol. The van der Waals surface area contributed by atoms with Gasteiger partial charge in [-0.25, -0.2) is 0 Å². The molecule has 0 radical (unpaired) electrons. The fourth-order valence-corrected chi connectivity index (χ4v) is 3.67. The molecule has 0 saturated carbocycles. The summed E-state index contributed by atoms with van der Waals surface area (Å²) in [6, 6.07) is 7.64. The Bertz CT molecular complexity index is 795. The lowest BCUT2D eigenvalue weighted by molar-refractivity contribution is -0.126. The van der Waals surface area contributed by atoms with E-state index in [2.05, 4.69) is 15.3 Å². The molecule has 0 aliphatic carbocycles. The molecule has 124 valence electrons. The minimum atomic E-state index is -0.310. The lowest BCUT2D eigenvalue weighted by Gasteiger charge is -2.32. The number of carbonyl (C=O) groups is 1. The van der Waals surface area contributed by atoms with E-state index in [9.17, 15) is 4.79 Å². The van der Waals surface area contributed by atoms with Gasteiger partial charge in [0.05, 0.1) is 24.8 Å². The Kier molecular flexibility index (Phi) is 4.18. The van der Waals surface area contributed by atoms with Crippen LogP contribution >= 0.6 is 11.3 Å². The third-order valence-corrected chi connectivity index (χ3v) is 5.05. The van der Waals surface area contributed by atoms with Gasteiger partial charge in [0.1, 0.15) is 6.04 Å². The summed E-state index contributed by atoms with van der Waals surface area (Å²) >= 11 is 1.64. The molecule has 4 heterocycles. The quantitative estimate of drug-likeness (QED) is 0.773. The van der Waals surface area contributed by atoms with Gasteiger partial charge in [0, 0.05) is 36.3 Å². The standard InChI is InChI=1S/C17H18N4O2S/c22-17(18-8-15-2-1-7-24-15)16-11-20(9-13-4-6-23-12-13)10-14-3-5-19-21(14)16/h1-7,12,16H,8-11H2,(H,18,22)/t16-/m1/s1. The summed E-state index contributed by atoms with van der Waals surface area (Å²) in [4.78, 5) is 16.1. The summed E-state index contributed by atoms with van der Waals surface area (Å²) in [5.41, 5.74) is 2.17. The summed E-state index contributed by atoms with van der Waals surface area (Å²) in [5, 5.41) is 9.39. The highest BCUT2D eigenvalue weighted by atomic mass is 32.1. The van der Waals surface area contributed by atoms with Crippen LogP contribution in [0.5, 0.6) is 0 Å². The smallest absolute Gasteiger partial charge is 0.246 e. The van der Waals surface area contributed by atoms with Crippen molar-refractivity contribution in [2.24, 2.45) is 0 Å². The number of hydrogen-bond donors (Lipinski definition) is 1. The number of carbonyl (C=O) groups excluding carboxylic acids is 1. The first kappa shape index (κ1) is 15.2. The number of fused-ring (bicyclic) bond motifs is 1. The van der Waals surface area contributed by atoms with Crippen LogP contribution in [0, 0.1) is 0 Å². The monoisotopic (exact) mass is 342 g/mol. The van der Waals surface area contributed by atoms with Gasteiger partial charge in [-0.1, -0.05) is 6.07 Å². The summed E-state index contributed by atoms with van der Waals surface area (Å²) in [6.07, 6.45) is 5.18. The second kappa shape index (κ2) is 6.62. The maximum atomic E-state index is 12.7. The molecule has 1 aliphatic heterocycles. The zero-order valence-corrected chi connectivity index (χ0v) is 13.9. The Hall–Kier alpha value is -2.38. The van der Waals surface area contributed by atoms with Crippen molar-refractivity contribution < 1.29 is 9.21 Å². The van der Waals surface area contributed by atoms with E-state index in [1.54, 1.807) is 30.1 Å². The van der Waals surface area contributed by atoms with Gasteiger partial charge in [-0.05, 0) is 23.6 Å². The van der Waals surface area contributed by atoms with Crippen molar-refractivity contribution in [2.75, 3.05) is 6.54 Å². The second-order valence-electron chi connectivity index (χ2n) is 5.88. The molecule has 0 unspecified atom stereocenters. The molecule has 1 aliphatic rings. The van der Waals surface area contributed by atoms with Crippen molar-refractivity contribution in [1.82, 2.24) is 20.0 Å². The molecule has 1 atom stereocenters. The van der Waals surface area contributed by atoms with Crippen LogP contribution in [0.2, 0.25) is 0 Å². The van der Waals surface area contributed by atoms with Gasteiger partial charge in [-0.15, -0.1) is 11.3 Å². The summed E-state index contributed by atoms with van der Waals surface area (Å²) in [6.45, 7) is 2.73. The first-order chi connectivity index (χ1) is 11.8. The van der Waals surface area contributed by atoms with E-state index < -0.39 is 0 Å². The Morgan fingerprint density at radius 2 is 2.38 bits per heavy atom. The maximum Gasteiger partial charge on any atom is 0.246 e. The minimum absolute atomic E-state index is 0.00486. The van der Waals surface area contributed by atoms with Crippen molar-refractivity contribution in [3.05, 3.63) is 64.5 Å². The molecular formula is C17H18N4O2S. The number of hydrogen-bond acceptors (Lipinski definition) is 5. The summed E-state index contributed by atoms with van der Waals surface area (Å²) < 4.78 is 6.99. The van der Waals surface area contributed by atoms with Crippen LogP contribution in [0.4, 0.5) is 0 Å². The average molecular weight is 342 g/mol. The molecule has 0 bridgehead atoms. The average Bonchev–Trinajstić information content (AvgIpc) is 3.33. The molecule has 0 aromatic carbocycles. The third kappa shape index (κ3) is 3.13. The minimum Gasteiger partial charge on any atom is -0.472 e. The molecule has 3 aromatic rings. The number of rotatable bonds is 5. The molecule has 24 heavy (non-hydrogen) atoms. The van der Waals surface area contributed by atoms with Crippen LogP contribution < -0.4 is 5.32 Å². The highest BCUT2D eigenvalue weighted by Crippen LogP contribution is 2.22. The van der Waals surface area contributed by atoms with Gasteiger partial charge in [0.25, 0.3) is 0 Å². The van der Waals surface area contributed by atoms with E-state index in [0.29, 0.717) is 13.1 Å². The Morgan fingerprint density at radius 1 is 1.42 bits per heavy atom. The maximum absolute atomic E-state index is 12.7. The van der Waals surface area contributed by atoms with E-state index in [1.807, 2.05) is 34.3 Å². The number of nitrogens with zero attached hydrogens (tertiary/aromatic N) is 3. The fraction of sp³-hybridized carbons (Fsp3) is 0.294. The second-order valence-corrected chi connectivity index (χ2v) is 6.91. The van der Waals surface area contributed by atoms with Crippen LogP contribution in [0.15, 0.2) is 52.8 Å². The van der Waals surface area contributed by atoms with Gasteiger partial charge in [-0.2, -0.15) is 5.10 Å². The SMILES string of the molecule is O=C(NCc1cccs1)[C@H]1CN(Cc2ccoc2)Cc2ccnn21. The Labute approximate surface area is 143 Å². The van der Waals surface area contributed by atoms with Gasteiger partial charge < -0.3 is 9.73 Å². The van der Waals surface area contributed by atoms with Crippen molar-refractivity contribution >= 4 is 17.2 Å². The van der Waals surface area contributed by atoms with Crippen molar-refractivity contribution in [1.29, 1.82) is 0 Å². The van der Waals surface area contributed by atoms with Gasteiger partial charge in [0.2, 0.25) is 5.91 Å². The van der Waals surface area contributed by atoms with Crippen LogP contribution in [0.25, 0.3) is 0 Å². The lowest BCUT2D eigenvalue weighted by Crippen LogP contribution is -2.44. The zero-order valence-electron chi connectivity index (χ0n) is 13.1. The largest absolute Gasteiger partial charge is 0.472 e. The van der Waals surface area contributed by atoms with Crippen LogP contribution in [-0.2, 0) is 24.4 Å². The molecule has 7 heteroatoms. The van der Waals surface area contributed by atoms with E-state index in [-0.39, 0.29) is 11.9 Å². The van der Waals surface area contributed by atoms with Gasteiger partial charge >= 0.3 is 0 Å². The number of aromatic nitrogens is 2. The van der Waals surface area contributed by atoms with E-state index >= 15 is 0 Å². The Morgan fingerprint density at radius 3 is 3.17 bits per heavy atom. The van der Waals surface area contributed by atoms with Crippen LogP contribution in [-0.4, -0.2) is 27.1 Å². The van der Waals surface area contributed by atoms with Crippen LogP contribution in [0.3, 0.4) is 0 Å². The van der Waals surface area contributed by atoms with Crippen LogP contribution in [0.1, 0.15) is 22.2 Å². The molecule has 0 saturated heterocycles. The highest BCUT2D eigenvalue weighted by molar-refractivity contribution is 7.09. The molecule has 4 rings (SSSR count). The predicted octanol–water partition coefficient (Wildman–Crippen LogP) is 2.41. The van der Waals surface area contributed by atoms with Gasteiger partial charge in [-0.3, -0.25) is 14.4 Å². The van der Waals surface area contributed by atoms with E-state index in [1.165, 1.54) is 0 Å². The van der Waals surface area contributed by atoms with E-state index in [4.69, 9.17) is 4.42 Å². The highest BCUT2D eigenvalue weighted by Gasteiger charge is 2.30. The summed E-state index contributed by atoms with van der Waals surface area (Å²) in [7, 11) is 0. The summed E-state index contributed by atoms with van der Waals surface area (Å²) in [5.74, 6) is 0.00486. The van der Waals surface area contributed by atoms with Crippen molar-refractivity contribution in [2.45, 2.75) is 25.7 Å². The Balaban J connectivity index is 1.47. The normalized spacial score (nSPS) is 17.6. The first-order valence-electron chi connectivity index (χ1n) is 7.85. The topological polar surface area (TPSA) is 63.3 Å². The number of furan rings is 1. The molecule has 1 N–H and O–H groups in total. The number of thiophene rings is 1. The number of nitrogens with one attached hydrogen (secondary N) is 1. The van der Waals surface area contributed by atoms with Crippen molar-refractivity contribution in [3.8, 4) is 0 Å². The third-order valence-electron chi connectivity index (χ3n) is 4.17. The fourth-order valence-electron chi connectivity index (χ4n) is 3.02. The van der Waals surface area contributed by atoms with Crippen molar-refractivity contribution in [3.63, 3.8) is 0 Å². The molecule has 0 spiro atoms. The lowest BCUT2D eigenvalue weighted by atomic mass is 10.1. The first-order valence-corrected chi connectivity index (χ1v) is 8.73. The predicted molar refractivity (Wildman–Crippen MR) is 90.3 cm³/mol.